The van der Waals surface area contributed by atoms with E-state index < -0.39 is 23.6 Å². The lowest BCUT2D eigenvalue weighted by Gasteiger charge is -2.09. The molecular formula is C20H20ClN5O4. The van der Waals surface area contributed by atoms with Crippen LogP contribution in [0.1, 0.15) is 29.3 Å². The average molecular weight is 430 g/mol. The lowest BCUT2D eigenvalue weighted by molar-refractivity contribution is -0.136. The van der Waals surface area contributed by atoms with E-state index in [2.05, 4.69) is 21.2 Å². The minimum absolute atomic E-state index is 0.118. The van der Waals surface area contributed by atoms with Crippen LogP contribution < -0.4 is 21.8 Å². The van der Waals surface area contributed by atoms with Gasteiger partial charge in [0.1, 0.15) is 0 Å². The molecule has 0 aliphatic rings. The Labute approximate surface area is 177 Å². The normalized spacial score (nSPS) is 10.8. The van der Waals surface area contributed by atoms with Crippen molar-refractivity contribution in [2.24, 2.45) is 10.8 Å². The van der Waals surface area contributed by atoms with Crippen molar-refractivity contribution in [3.8, 4) is 0 Å². The van der Waals surface area contributed by atoms with Crippen LogP contribution in [0.3, 0.4) is 0 Å². The fourth-order valence-electron chi connectivity index (χ4n) is 2.31. The predicted octanol–water partition coefficient (Wildman–Crippen LogP) is 2.21. The van der Waals surface area contributed by atoms with Gasteiger partial charge in [0.25, 0.3) is 0 Å². The maximum Gasteiger partial charge on any atom is 0.329 e. The summed E-state index contributed by atoms with van der Waals surface area (Å²) in [6.07, 6.45) is -0.118. The second-order valence-electron chi connectivity index (χ2n) is 6.32. The number of nitrogens with two attached hydrogens (primary N) is 1. The summed E-state index contributed by atoms with van der Waals surface area (Å²) in [6, 6.07) is 11.0. The smallest absolute Gasteiger partial charge is 0.329 e. The molecule has 0 saturated heterocycles. The minimum Gasteiger partial charge on any atom is -0.366 e. The molecule has 2 aromatic carbocycles. The SMILES string of the molecule is C/C(CC(=O)Nc1ccc(C(N)=O)cc1)=N/NC(=O)C(=O)Nc1cccc(Cl)c1C. The second kappa shape index (κ2) is 10.2. The molecular weight excluding hydrogens is 410 g/mol. The van der Waals surface area contributed by atoms with Gasteiger partial charge in [-0.2, -0.15) is 5.10 Å². The molecule has 5 N–H and O–H groups in total. The summed E-state index contributed by atoms with van der Waals surface area (Å²) < 4.78 is 0. The Morgan fingerprint density at radius 2 is 1.67 bits per heavy atom. The van der Waals surface area contributed by atoms with Gasteiger partial charge in [0.15, 0.2) is 0 Å². The van der Waals surface area contributed by atoms with Crippen LogP contribution in [0, 0.1) is 6.92 Å². The number of anilines is 2. The maximum absolute atomic E-state index is 12.0. The number of hydrogen-bond donors (Lipinski definition) is 4. The summed E-state index contributed by atoms with van der Waals surface area (Å²) in [4.78, 5) is 47.0. The molecule has 9 nitrogen and oxygen atoms in total. The second-order valence-corrected chi connectivity index (χ2v) is 6.73. The number of carbonyl (C=O) groups is 4. The molecule has 156 valence electrons. The molecule has 2 aromatic rings. The largest absolute Gasteiger partial charge is 0.366 e. The molecule has 0 heterocycles. The van der Waals surface area contributed by atoms with Crippen LogP contribution in [0.25, 0.3) is 0 Å². The summed E-state index contributed by atoms with van der Waals surface area (Å²) in [7, 11) is 0. The van der Waals surface area contributed by atoms with Crippen molar-refractivity contribution in [2.45, 2.75) is 20.3 Å². The number of nitrogens with one attached hydrogen (secondary N) is 3. The van der Waals surface area contributed by atoms with Crippen molar-refractivity contribution in [3.63, 3.8) is 0 Å². The molecule has 30 heavy (non-hydrogen) atoms. The fourth-order valence-corrected chi connectivity index (χ4v) is 2.49. The van der Waals surface area contributed by atoms with Crippen molar-refractivity contribution >= 4 is 52.3 Å². The molecule has 0 saturated carbocycles. The van der Waals surface area contributed by atoms with Crippen molar-refractivity contribution in [1.82, 2.24) is 5.43 Å². The highest BCUT2D eigenvalue weighted by atomic mass is 35.5. The molecule has 2 rings (SSSR count). The van der Waals surface area contributed by atoms with Crippen LogP contribution in [-0.2, 0) is 14.4 Å². The number of rotatable bonds is 6. The Kier molecular flexibility index (Phi) is 7.65. The fraction of sp³-hybridized carbons (Fsp3) is 0.150. The van der Waals surface area contributed by atoms with Gasteiger partial charge in [-0.3, -0.25) is 19.2 Å². The first-order valence-electron chi connectivity index (χ1n) is 8.76. The van der Waals surface area contributed by atoms with Crippen LogP contribution in [0.2, 0.25) is 5.02 Å². The van der Waals surface area contributed by atoms with Gasteiger partial charge < -0.3 is 16.4 Å². The first-order valence-corrected chi connectivity index (χ1v) is 9.14. The average Bonchev–Trinajstić information content (AvgIpc) is 2.69. The summed E-state index contributed by atoms with van der Waals surface area (Å²) in [6.45, 7) is 3.23. The summed E-state index contributed by atoms with van der Waals surface area (Å²) in [5, 5.41) is 9.27. The van der Waals surface area contributed by atoms with E-state index in [-0.39, 0.29) is 12.1 Å². The highest BCUT2D eigenvalue weighted by molar-refractivity contribution is 6.40. The van der Waals surface area contributed by atoms with Crippen LogP contribution in [-0.4, -0.2) is 29.3 Å². The minimum atomic E-state index is -0.990. The Bertz CT molecular complexity index is 1020. The summed E-state index contributed by atoms with van der Waals surface area (Å²) in [5.41, 5.74) is 9.36. The molecule has 0 aliphatic carbocycles. The molecule has 0 aliphatic heterocycles. The molecule has 0 aromatic heterocycles. The molecule has 0 spiro atoms. The number of benzene rings is 2. The number of primary amides is 1. The van der Waals surface area contributed by atoms with Gasteiger partial charge >= 0.3 is 11.8 Å². The van der Waals surface area contributed by atoms with Gasteiger partial charge in [-0.05, 0) is 55.8 Å². The highest BCUT2D eigenvalue weighted by Gasteiger charge is 2.15. The van der Waals surface area contributed by atoms with Crippen molar-refractivity contribution in [3.05, 3.63) is 58.6 Å². The van der Waals surface area contributed by atoms with Crippen LogP contribution in [0.5, 0.6) is 0 Å². The molecule has 0 radical (unpaired) electrons. The lowest BCUT2D eigenvalue weighted by Crippen LogP contribution is -2.33. The van der Waals surface area contributed by atoms with E-state index in [0.717, 1.165) is 0 Å². The van der Waals surface area contributed by atoms with E-state index in [4.69, 9.17) is 17.3 Å². The standard InChI is InChI=1S/C20H20ClN5O4/c1-11(10-17(27)23-14-8-6-13(7-9-14)18(22)28)25-26-20(30)19(29)24-16-5-3-4-15(21)12(16)2/h3-9H,10H2,1-2H3,(H2,22,28)(H,23,27)(H,24,29)(H,26,30)/b25-11-. The van der Waals surface area contributed by atoms with Crippen molar-refractivity contribution < 1.29 is 19.2 Å². The van der Waals surface area contributed by atoms with Gasteiger partial charge in [0.2, 0.25) is 11.8 Å². The first-order chi connectivity index (χ1) is 14.2. The van der Waals surface area contributed by atoms with E-state index in [1.807, 2.05) is 0 Å². The van der Waals surface area contributed by atoms with Gasteiger partial charge in [-0.1, -0.05) is 17.7 Å². The highest BCUT2D eigenvalue weighted by Crippen LogP contribution is 2.22. The third-order valence-corrected chi connectivity index (χ3v) is 4.35. The zero-order valence-electron chi connectivity index (χ0n) is 16.3. The quantitative estimate of drug-likeness (QED) is 0.317. The predicted molar refractivity (Wildman–Crippen MR) is 114 cm³/mol. The third kappa shape index (κ3) is 6.42. The molecule has 0 bridgehead atoms. The number of hydrazone groups is 1. The van der Waals surface area contributed by atoms with E-state index in [1.54, 1.807) is 25.1 Å². The molecule has 0 unspecified atom stereocenters. The number of hydrogen-bond acceptors (Lipinski definition) is 5. The monoisotopic (exact) mass is 429 g/mol. The molecule has 0 fully saturated rings. The zero-order valence-corrected chi connectivity index (χ0v) is 17.0. The van der Waals surface area contributed by atoms with E-state index in [0.29, 0.717) is 27.5 Å². The van der Waals surface area contributed by atoms with Crippen molar-refractivity contribution in [2.75, 3.05) is 10.6 Å². The number of halogens is 1. The Morgan fingerprint density at radius 1 is 1.00 bits per heavy atom. The van der Waals surface area contributed by atoms with Gasteiger partial charge in [0, 0.05) is 27.7 Å². The molecule has 10 heteroatoms. The lowest BCUT2D eigenvalue weighted by atomic mass is 10.2. The summed E-state index contributed by atoms with van der Waals surface area (Å²) >= 11 is 5.98. The van der Waals surface area contributed by atoms with E-state index >= 15 is 0 Å². The number of carbonyl (C=O) groups excluding carboxylic acids is 4. The first kappa shape index (κ1) is 22.6. The Balaban J connectivity index is 1.86. The zero-order chi connectivity index (χ0) is 22.3. The number of amides is 4. The van der Waals surface area contributed by atoms with E-state index in [1.165, 1.54) is 31.2 Å². The van der Waals surface area contributed by atoms with Gasteiger partial charge in [0.05, 0.1) is 6.42 Å². The summed E-state index contributed by atoms with van der Waals surface area (Å²) in [5.74, 6) is -2.87. The topological polar surface area (TPSA) is 143 Å². The van der Waals surface area contributed by atoms with E-state index in [9.17, 15) is 19.2 Å². The van der Waals surface area contributed by atoms with Crippen molar-refractivity contribution in [1.29, 1.82) is 0 Å². The molecule has 0 atom stereocenters. The Hall–Kier alpha value is -3.72. The number of nitrogens with zero attached hydrogens (tertiary/aromatic N) is 1. The van der Waals surface area contributed by atoms with Gasteiger partial charge in [-0.15, -0.1) is 0 Å². The Morgan fingerprint density at radius 3 is 2.30 bits per heavy atom. The van der Waals surface area contributed by atoms with Gasteiger partial charge in [-0.25, -0.2) is 5.43 Å². The van der Waals surface area contributed by atoms with Crippen LogP contribution in [0.4, 0.5) is 11.4 Å². The van der Waals surface area contributed by atoms with Crippen LogP contribution >= 0.6 is 11.6 Å². The van der Waals surface area contributed by atoms with Crippen LogP contribution in [0.15, 0.2) is 47.6 Å². The third-order valence-electron chi connectivity index (χ3n) is 3.94. The maximum atomic E-state index is 12.0. The molecule has 4 amide bonds.